The van der Waals surface area contributed by atoms with Gasteiger partial charge in [0.15, 0.2) is 5.78 Å². The third-order valence-corrected chi connectivity index (χ3v) is 4.45. The molecule has 4 nitrogen and oxygen atoms in total. The molecule has 2 aromatic carbocycles. The average Bonchev–Trinajstić information content (AvgIpc) is 2.96. The minimum Gasteiger partial charge on any atom is -0.497 e. The molecule has 0 amide bonds. The van der Waals surface area contributed by atoms with Crippen LogP contribution in [-0.4, -0.2) is 17.9 Å². The summed E-state index contributed by atoms with van der Waals surface area (Å²) >= 11 is 1.17. The normalized spacial score (nSPS) is 12.4. The molecule has 0 fully saturated rings. The molecule has 0 atom stereocenters. The topological polar surface area (TPSA) is 59.2 Å². The number of rotatable bonds is 4. The zero-order valence-electron chi connectivity index (χ0n) is 13.3. The Morgan fingerprint density at radius 2 is 1.80 bits per heavy atom. The molecule has 25 heavy (non-hydrogen) atoms. The van der Waals surface area contributed by atoms with Crippen LogP contribution >= 0.6 is 11.3 Å². The molecular weight excluding hydrogens is 341 g/mol. The fourth-order valence-corrected chi connectivity index (χ4v) is 3.08. The van der Waals surface area contributed by atoms with E-state index in [1.54, 1.807) is 49.6 Å². The predicted octanol–water partition coefficient (Wildman–Crippen LogP) is 2.08. The van der Waals surface area contributed by atoms with E-state index in [9.17, 15) is 14.0 Å². The van der Waals surface area contributed by atoms with Crippen LogP contribution in [0.25, 0.3) is 12.2 Å². The van der Waals surface area contributed by atoms with Crippen LogP contribution in [0, 0.1) is 5.82 Å². The summed E-state index contributed by atoms with van der Waals surface area (Å²) in [5.41, 5.74) is 0.920. The molecule has 0 saturated heterocycles. The molecule has 0 radical (unpaired) electrons. The zero-order valence-corrected chi connectivity index (χ0v) is 14.1. The van der Waals surface area contributed by atoms with Crippen LogP contribution in [0.4, 0.5) is 4.39 Å². The second kappa shape index (κ2) is 7.27. The van der Waals surface area contributed by atoms with Gasteiger partial charge in [0.1, 0.15) is 11.6 Å². The van der Waals surface area contributed by atoms with Gasteiger partial charge in [-0.2, -0.15) is 0 Å². The minimum atomic E-state index is -0.337. The molecule has 6 heteroatoms. The lowest BCUT2D eigenvalue weighted by Gasteiger charge is -1.99. The van der Waals surface area contributed by atoms with Gasteiger partial charge in [0, 0.05) is 11.6 Å². The van der Waals surface area contributed by atoms with Crippen molar-refractivity contribution in [2.75, 3.05) is 7.11 Å². The summed E-state index contributed by atoms with van der Waals surface area (Å²) < 4.78 is 18.9. The van der Waals surface area contributed by atoms with Crippen molar-refractivity contribution in [2.45, 2.75) is 0 Å². The highest BCUT2D eigenvalue weighted by atomic mass is 32.1. The summed E-state index contributed by atoms with van der Waals surface area (Å²) in [6, 6.07) is 12.5. The number of ketones is 1. The molecule has 1 heterocycles. The van der Waals surface area contributed by atoms with Crippen molar-refractivity contribution in [3.63, 3.8) is 0 Å². The van der Waals surface area contributed by atoms with E-state index >= 15 is 0 Å². The van der Waals surface area contributed by atoms with E-state index in [0.29, 0.717) is 26.1 Å². The van der Waals surface area contributed by atoms with Crippen molar-refractivity contribution in [1.29, 1.82) is 0 Å². The predicted molar refractivity (Wildman–Crippen MR) is 95.9 cm³/mol. The van der Waals surface area contributed by atoms with Gasteiger partial charge in [0.25, 0.3) is 5.56 Å². The minimum absolute atomic E-state index is 0.214. The molecule has 0 saturated carbocycles. The fraction of sp³-hybridized carbons (Fsp3) is 0.0526. The maximum absolute atomic E-state index is 12.9. The zero-order chi connectivity index (χ0) is 17.8. The molecule has 3 rings (SSSR count). The van der Waals surface area contributed by atoms with E-state index < -0.39 is 0 Å². The van der Waals surface area contributed by atoms with E-state index in [1.165, 1.54) is 29.5 Å². The van der Waals surface area contributed by atoms with Gasteiger partial charge in [0.05, 0.1) is 16.3 Å². The Labute approximate surface area is 146 Å². The fourth-order valence-electron chi connectivity index (χ4n) is 2.19. The van der Waals surface area contributed by atoms with Gasteiger partial charge in [-0.05, 0) is 48.0 Å². The highest BCUT2D eigenvalue weighted by Crippen LogP contribution is 2.11. The molecule has 3 aromatic rings. The van der Waals surface area contributed by atoms with Crippen molar-refractivity contribution in [3.8, 4) is 5.75 Å². The number of halogens is 1. The maximum Gasteiger partial charge on any atom is 0.266 e. The number of ether oxygens (including phenoxy) is 1. The Kier molecular flexibility index (Phi) is 4.90. The summed E-state index contributed by atoms with van der Waals surface area (Å²) in [6.45, 7) is 0. The highest BCUT2D eigenvalue weighted by Gasteiger charge is 2.04. The van der Waals surface area contributed by atoms with E-state index in [4.69, 9.17) is 4.74 Å². The summed E-state index contributed by atoms with van der Waals surface area (Å²) in [4.78, 5) is 26.9. The van der Waals surface area contributed by atoms with Crippen LogP contribution in [0.5, 0.6) is 5.75 Å². The first-order valence-electron chi connectivity index (χ1n) is 7.42. The van der Waals surface area contributed by atoms with Gasteiger partial charge < -0.3 is 9.72 Å². The molecule has 1 N–H and O–H groups in total. The number of carbonyl (C=O) groups excluding carboxylic acids is 1. The number of hydrogen-bond donors (Lipinski definition) is 1. The summed E-state index contributed by atoms with van der Waals surface area (Å²) in [6.07, 6.45) is 3.04. The Hall–Kier alpha value is -2.99. The smallest absolute Gasteiger partial charge is 0.266 e. The Morgan fingerprint density at radius 3 is 2.44 bits per heavy atom. The largest absolute Gasteiger partial charge is 0.497 e. The van der Waals surface area contributed by atoms with Crippen LogP contribution in [0.15, 0.2) is 53.3 Å². The lowest BCUT2D eigenvalue weighted by molar-refractivity contribution is 0.106. The van der Waals surface area contributed by atoms with Crippen molar-refractivity contribution >= 4 is 29.3 Å². The number of thiazole rings is 1. The quantitative estimate of drug-likeness (QED) is 0.729. The van der Waals surface area contributed by atoms with Crippen LogP contribution in [-0.2, 0) is 0 Å². The van der Waals surface area contributed by atoms with Gasteiger partial charge in [-0.3, -0.25) is 9.59 Å². The van der Waals surface area contributed by atoms with Gasteiger partial charge in [0.2, 0.25) is 0 Å². The molecule has 1 aromatic heterocycles. The van der Waals surface area contributed by atoms with Gasteiger partial charge in [-0.1, -0.05) is 12.1 Å². The first-order chi connectivity index (χ1) is 12.0. The van der Waals surface area contributed by atoms with Crippen molar-refractivity contribution in [1.82, 2.24) is 4.98 Å². The van der Waals surface area contributed by atoms with Gasteiger partial charge in [-0.25, -0.2) is 4.39 Å². The van der Waals surface area contributed by atoms with E-state index in [-0.39, 0.29) is 17.2 Å². The average molecular weight is 355 g/mol. The number of H-pyrrole nitrogens is 1. The molecule has 0 spiro atoms. The number of carbonyl (C=O) groups is 1. The van der Waals surface area contributed by atoms with E-state index in [0.717, 1.165) is 0 Å². The lowest BCUT2D eigenvalue weighted by atomic mass is 10.1. The number of methoxy groups -OCH3 is 1. The van der Waals surface area contributed by atoms with Crippen LogP contribution in [0.3, 0.4) is 0 Å². The highest BCUT2D eigenvalue weighted by molar-refractivity contribution is 7.07. The van der Waals surface area contributed by atoms with Crippen molar-refractivity contribution < 1.29 is 13.9 Å². The second-order valence-electron chi connectivity index (χ2n) is 5.22. The number of hydrogen-bond acceptors (Lipinski definition) is 4. The number of Topliss-reactive ketones (excluding diaryl/α,β-unsaturated/α-hetero) is 1. The van der Waals surface area contributed by atoms with Gasteiger partial charge in [-0.15, -0.1) is 11.3 Å². The van der Waals surface area contributed by atoms with E-state index in [2.05, 4.69) is 4.98 Å². The molecule has 126 valence electrons. The number of aromatic amines is 1. The lowest BCUT2D eigenvalue weighted by Crippen LogP contribution is -2.20. The maximum atomic E-state index is 12.9. The third-order valence-electron chi connectivity index (χ3n) is 3.48. The Balaban J connectivity index is 1.93. The van der Waals surface area contributed by atoms with Crippen molar-refractivity contribution in [2.24, 2.45) is 0 Å². The molecule has 0 aliphatic rings. The first kappa shape index (κ1) is 16.9. The number of aromatic nitrogens is 1. The van der Waals surface area contributed by atoms with Crippen LogP contribution in [0.1, 0.15) is 15.9 Å². The third kappa shape index (κ3) is 4.10. The first-order valence-corrected chi connectivity index (χ1v) is 8.23. The Morgan fingerprint density at radius 1 is 1.12 bits per heavy atom. The summed E-state index contributed by atoms with van der Waals surface area (Å²) in [5, 5.41) is 0. The molecule has 0 aliphatic heterocycles. The van der Waals surface area contributed by atoms with Crippen molar-refractivity contribution in [3.05, 3.63) is 85.0 Å². The number of benzene rings is 2. The molecular formula is C19H14FNO3S. The van der Waals surface area contributed by atoms with E-state index in [1.807, 2.05) is 0 Å². The molecule has 0 aliphatic carbocycles. The van der Waals surface area contributed by atoms with Gasteiger partial charge >= 0.3 is 0 Å². The molecule has 0 bridgehead atoms. The SMILES string of the molecule is COc1ccc(C(=O)C=c2[nH]c(=O)c(=Cc3ccc(F)cc3)s2)cc1. The van der Waals surface area contributed by atoms with Crippen LogP contribution in [0.2, 0.25) is 0 Å². The molecule has 0 unspecified atom stereocenters. The van der Waals surface area contributed by atoms with Crippen LogP contribution < -0.4 is 19.5 Å². The monoisotopic (exact) mass is 355 g/mol. The standard InChI is InChI=1S/C19H14FNO3S/c1-24-15-8-4-13(5-9-15)16(22)11-18-21-19(23)17(25-18)10-12-2-6-14(20)7-3-12/h2-11H,1H3,(H,21,23). The summed E-state index contributed by atoms with van der Waals surface area (Å²) in [5.74, 6) is 0.113. The second-order valence-corrected chi connectivity index (χ2v) is 6.30. The summed E-state index contributed by atoms with van der Waals surface area (Å²) in [7, 11) is 1.55. The number of nitrogens with one attached hydrogen (secondary N) is 1. The Bertz CT molecular complexity index is 1060.